The Kier molecular flexibility index (Phi) is 3.44. The topological polar surface area (TPSA) is 75.3 Å². The van der Waals surface area contributed by atoms with Gasteiger partial charge in [-0.05, 0) is 36.8 Å². The number of aromatic nitrogens is 2. The zero-order valence-electron chi connectivity index (χ0n) is 11.2. The highest BCUT2D eigenvalue weighted by Gasteiger charge is 2.27. The molecule has 2 N–H and O–H groups in total. The van der Waals surface area contributed by atoms with Crippen LogP contribution in [-0.2, 0) is 6.54 Å². The highest BCUT2D eigenvalue weighted by Crippen LogP contribution is 2.33. The summed E-state index contributed by atoms with van der Waals surface area (Å²) in [5.41, 5.74) is 1.69. The lowest BCUT2D eigenvalue weighted by Gasteiger charge is -2.18. The van der Waals surface area contributed by atoms with Crippen LogP contribution in [0.1, 0.15) is 29.6 Å². The van der Waals surface area contributed by atoms with E-state index in [9.17, 15) is 15.0 Å². The van der Waals surface area contributed by atoms with E-state index in [1.807, 2.05) is 10.6 Å². The largest absolute Gasteiger partial charge is 0.478 e. The summed E-state index contributed by atoms with van der Waals surface area (Å²) in [4.78, 5) is 15.6. The normalized spacial score (nSPS) is 22.4. The number of aliphatic hydroxyl groups is 1. The molecule has 0 aliphatic heterocycles. The van der Waals surface area contributed by atoms with E-state index in [1.54, 1.807) is 18.5 Å². The lowest BCUT2D eigenvalue weighted by Crippen LogP contribution is -2.18. The number of carboxylic acids is 1. The van der Waals surface area contributed by atoms with Gasteiger partial charge in [0.2, 0.25) is 0 Å². The third kappa shape index (κ3) is 2.18. The van der Waals surface area contributed by atoms with Gasteiger partial charge in [0.15, 0.2) is 0 Å². The number of nitrogens with zero attached hydrogens (tertiary/aromatic N) is 2. The summed E-state index contributed by atoms with van der Waals surface area (Å²) >= 11 is 0. The quantitative estimate of drug-likeness (QED) is 0.895. The Morgan fingerprint density at radius 3 is 2.90 bits per heavy atom. The first-order valence-corrected chi connectivity index (χ1v) is 6.98. The van der Waals surface area contributed by atoms with Crippen LogP contribution in [0.25, 0.3) is 11.0 Å². The molecule has 2 aromatic rings. The Morgan fingerprint density at radius 2 is 2.15 bits per heavy atom. The highest BCUT2D eigenvalue weighted by atomic mass is 16.4. The second kappa shape index (κ2) is 5.25. The molecular weight excluding hydrogens is 256 g/mol. The summed E-state index contributed by atoms with van der Waals surface area (Å²) in [5, 5.41) is 18.7. The van der Waals surface area contributed by atoms with Crippen LogP contribution in [-0.4, -0.2) is 32.3 Å². The Labute approximate surface area is 116 Å². The number of rotatable bonds is 4. The molecule has 2 unspecified atom stereocenters. The predicted octanol–water partition coefficient (Wildman–Crippen LogP) is 2.14. The SMILES string of the molecule is O=C(O)c1cccc2ncn(CC3CCCC3CO)c12. The Hall–Kier alpha value is -1.88. The fourth-order valence-electron chi connectivity index (χ4n) is 3.28. The summed E-state index contributed by atoms with van der Waals surface area (Å²) < 4.78 is 1.93. The van der Waals surface area contributed by atoms with E-state index in [2.05, 4.69) is 4.98 Å². The number of aliphatic hydroxyl groups excluding tert-OH is 1. The molecule has 2 atom stereocenters. The van der Waals surface area contributed by atoms with Gasteiger partial charge in [0.1, 0.15) is 0 Å². The Bertz CT molecular complexity index is 635. The molecule has 0 bridgehead atoms. The number of para-hydroxylation sites is 1. The van der Waals surface area contributed by atoms with Crippen LogP contribution < -0.4 is 0 Å². The minimum absolute atomic E-state index is 0.211. The molecule has 5 nitrogen and oxygen atoms in total. The molecule has 0 amide bonds. The number of carboxylic acid groups (broad SMARTS) is 1. The monoisotopic (exact) mass is 274 g/mol. The fourth-order valence-corrected chi connectivity index (χ4v) is 3.28. The molecule has 5 heteroatoms. The van der Waals surface area contributed by atoms with Crippen LogP contribution in [0, 0.1) is 11.8 Å². The van der Waals surface area contributed by atoms with Crippen LogP contribution in [0.3, 0.4) is 0 Å². The lowest BCUT2D eigenvalue weighted by atomic mass is 9.97. The van der Waals surface area contributed by atoms with E-state index in [0.717, 1.165) is 25.8 Å². The smallest absolute Gasteiger partial charge is 0.337 e. The zero-order valence-corrected chi connectivity index (χ0v) is 11.2. The summed E-state index contributed by atoms with van der Waals surface area (Å²) in [6, 6.07) is 5.16. The Morgan fingerprint density at radius 1 is 1.35 bits per heavy atom. The van der Waals surface area contributed by atoms with E-state index in [4.69, 9.17) is 0 Å². The molecule has 1 saturated carbocycles. The van der Waals surface area contributed by atoms with Crippen molar-refractivity contribution < 1.29 is 15.0 Å². The van der Waals surface area contributed by atoms with Crippen molar-refractivity contribution in [3.63, 3.8) is 0 Å². The van der Waals surface area contributed by atoms with Gasteiger partial charge >= 0.3 is 5.97 Å². The maximum Gasteiger partial charge on any atom is 0.337 e. The number of carbonyl (C=O) groups is 1. The van der Waals surface area contributed by atoms with Crippen LogP contribution in [0.2, 0.25) is 0 Å². The molecule has 1 aliphatic rings. The third-order valence-corrected chi connectivity index (χ3v) is 4.35. The minimum Gasteiger partial charge on any atom is -0.478 e. The average Bonchev–Trinajstić information content (AvgIpc) is 3.06. The zero-order chi connectivity index (χ0) is 14.1. The van der Waals surface area contributed by atoms with Gasteiger partial charge in [0.25, 0.3) is 0 Å². The second-order valence-electron chi connectivity index (χ2n) is 5.51. The minimum atomic E-state index is -0.928. The molecule has 1 aromatic heterocycles. The lowest BCUT2D eigenvalue weighted by molar-refractivity contribution is 0.0698. The first-order chi connectivity index (χ1) is 9.70. The summed E-state index contributed by atoms with van der Waals surface area (Å²) in [6.45, 7) is 0.940. The van der Waals surface area contributed by atoms with Crippen LogP contribution in [0.5, 0.6) is 0 Å². The van der Waals surface area contributed by atoms with Gasteiger partial charge in [-0.1, -0.05) is 12.5 Å². The first-order valence-electron chi connectivity index (χ1n) is 6.98. The molecule has 3 rings (SSSR count). The summed E-state index contributed by atoms with van der Waals surface area (Å²) in [5.74, 6) is -0.203. The molecular formula is C15H18N2O3. The standard InChI is InChI=1S/C15H18N2O3/c18-8-11-4-1-3-10(11)7-17-9-16-13-6-2-5-12(14(13)17)15(19)20/h2,5-6,9-11,18H,1,3-4,7-8H2,(H,19,20). The van der Waals surface area contributed by atoms with Gasteiger partial charge in [-0.15, -0.1) is 0 Å². The van der Waals surface area contributed by atoms with Crippen LogP contribution >= 0.6 is 0 Å². The molecule has 20 heavy (non-hydrogen) atoms. The van der Waals surface area contributed by atoms with Gasteiger partial charge in [0.05, 0.1) is 22.9 Å². The Balaban J connectivity index is 1.97. The average molecular weight is 274 g/mol. The summed E-state index contributed by atoms with van der Waals surface area (Å²) in [7, 11) is 0. The van der Waals surface area contributed by atoms with E-state index in [0.29, 0.717) is 28.4 Å². The molecule has 1 fully saturated rings. The van der Waals surface area contributed by atoms with E-state index < -0.39 is 5.97 Å². The van der Waals surface area contributed by atoms with Gasteiger partial charge < -0.3 is 14.8 Å². The van der Waals surface area contributed by atoms with Crippen molar-refractivity contribution in [2.45, 2.75) is 25.8 Å². The van der Waals surface area contributed by atoms with E-state index in [-0.39, 0.29) is 6.61 Å². The van der Waals surface area contributed by atoms with Crippen molar-refractivity contribution >= 4 is 17.0 Å². The van der Waals surface area contributed by atoms with Gasteiger partial charge in [-0.3, -0.25) is 0 Å². The van der Waals surface area contributed by atoms with Crippen molar-refractivity contribution in [1.29, 1.82) is 0 Å². The molecule has 1 aliphatic carbocycles. The molecule has 106 valence electrons. The van der Waals surface area contributed by atoms with Crippen molar-refractivity contribution in [3.8, 4) is 0 Å². The first kappa shape index (κ1) is 13.1. The van der Waals surface area contributed by atoms with Crippen molar-refractivity contribution in [2.75, 3.05) is 6.61 Å². The number of imidazole rings is 1. The van der Waals surface area contributed by atoms with Gasteiger partial charge in [0, 0.05) is 13.2 Å². The maximum atomic E-state index is 11.3. The highest BCUT2D eigenvalue weighted by molar-refractivity contribution is 6.01. The maximum absolute atomic E-state index is 11.3. The molecule has 0 spiro atoms. The van der Waals surface area contributed by atoms with Crippen LogP contribution in [0.4, 0.5) is 0 Å². The molecule has 1 aromatic carbocycles. The fraction of sp³-hybridized carbons (Fsp3) is 0.467. The molecule has 0 radical (unpaired) electrons. The molecule has 1 heterocycles. The van der Waals surface area contributed by atoms with E-state index >= 15 is 0 Å². The van der Waals surface area contributed by atoms with Gasteiger partial charge in [-0.2, -0.15) is 0 Å². The second-order valence-corrected chi connectivity index (χ2v) is 5.51. The van der Waals surface area contributed by atoms with Crippen molar-refractivity contribution in [2.24, 2.45) is 11.8 Å². The number of hydrogen-bond acceptors (Lipinski definition) is 3. The third-order valence-electron chi connectivity index (χ3n) is 4.35. The predicted molar refractivity (Wildman–Crippen MR) is 74.6 cm³/mol. The number of hydrogen-bond donors (Lipinski definition) is 2. The molecule has 0 saturated heterocycles. The van der Waals surface area contributed by atoms with E-state index in [1.165, 1.54) is 0 Å². The van der Waals surface area contributed by atoms with Crippen molar-refractivity contribution in [1.82, 2.24) is 9.55 Å². The number of benzene rings is 1. The van der Waals surface area contributed by atoms with Gasteiger partial charge in [-0.25, -0.2) is 9.78 Å². The number of aromatic carboxylic acids is 1. The summed E-state index contributed by atoms with van der Waals surface area (Å²) in [6.07, 6.45) is 4.98. The number of fused-ring (bicyclic) bond motifs is 1. The van der Waals surface area contributed by atoms with Crippen LogP contribution in [0.15, 0.2) is 24.5 Å². The van der Waals surface area contributed by atoms with Crippen molar-refractivity contribution in [3.05, 3.63) is 30.1 Å².